The fraction of sp³-hybridized carbons (Fsp3) is 0.0476. The number of carboxylic acids is 1. The van der Waals surface area contributed by atoms with E-state index in [1.165, 1.54) is 42.5 Å². The van der Waals surface area contributed by atoms with Crippen LogP contribution in [0.1, 0.15) is 15.9 Å². The van der Waals surface area contributed by atoms with Crippen LogP contribution < -0.4 is 10.0 Å². The lowest BCUT2D eigenvalue weighted by molar-refractivity contribution is -0.136. The Hall–Kier alpha value is -3.07. The Morgan fingerprint density at radius 3 is 2.10 bits per heavy atom. The maximum absolute atomic E-state index is 12.8. The summed E-state index contributed by atoms with van der Waals surface area (Å²) in [4.78, 5) is 23.6. The molecule has 0 aromatic heterocycles. The molecule has 0 bridgehead atoms. The minimum Gasteiger partial charge on any atom is -0.481 e. The van der Waals surface area contributed by atoms with E-state index < -0.39 is 21.9 Å². The van der Waals surface area contributed by atoms with Crippen LogP contribution in [0, 0.1) is 0 Å². The van der Waals surface area contributed by atoms with Crippen molar-refractivity contribution in [2.75, 3.05) is 10.0 Å². The largest absolute Gasteiger partial charge is 0.481 e. The fourth-order valence-corrected chi connectivity index (χ4v) is 4.07. The van der Waals surface area contributed by atoms with Crippen LogP contribution in [0.5, 0.6) is 0 Å². The SMILES string of the molecule is O=C(O)Cc1ccc(NC(=O)c2cc(Cl)ccc2NS(=O)(=O)c2ccc(Cl)cc2)cc1. The van der Waals surface area contributed by atoms with Crippen LogP contribution in [0.15, 0.2) is 71.6 Å². The van der Waals surface area contributed by atoms with Crippen LogP contribution in [0.3, 0.4) is 0 Å². The van der Waals surface area contributed by atoms with Crippen molar-refractivity contribution in [1.82, 2.24) is 0 Å². The number of amides is 1. The molecule has 3 N–H and O–H groups in total. The predicted octanol–water partition coefficient (Wildman–Crippen LogP) is 4.67. The lowest BCUT2D eigenvalue weighted by Crippen LogP contribution is -2.18. The van der Waals surface area contributed by atoms with Crippen molar-refractivity contribution in [2.45, 2.75) is 11.3 Å². The van der Waals surface area contributed by atoms with Gasteiger partial charge in [-0.1, -0.05) is 35.3 Å². The molecule has 0 aliphatic carbocycles. The zero-order valence-corrected chi connectivity index (χ0v) is 18.1. The van der Waals surface area contributed by atoms with Gasteiger partial charge in [-0.05, 0) is 60.2 Å². The average molecular weight is 479 g/mol. The molecular formula is C21H16Cl2N2O5S. The van der Waals surface area contributed by atoms with Crippen molar-refractivity contribution in [3.05, 3.63) is 87.9 Å². The second-order valence-electron chi connectivity index (χ2n) is 6.47. The molecule has 3 rings (SSSR count). The summed E-state index contributed by atoms with van der Waals surface area (Å²) in [6, 6.07) is 16.0. The Bertz CT molecular complexity index is 1230. The van der Waals surface area contributed by atoms with Gasteiger partial charge in [0.1, 0.15) is 0 Å². The highest BCUT2D eigenvalue weighted by Crippen LogP contribution is 2.25. The Morgan fingerprint density at radius 1 is 0.871 bits per heavy atom. The summed E-state index contributed by atoms with van der Waals surface area (Å²) >= 11 is 11.8. The number of rotatable bonds is 7. The van der Waals surface area contributed by atoms with Crippen LogP contribution in [0.25, 0.3) is 0 Å². The number of sulfonamides is 1. The van der Waals surface area contributed by atoms with E-state index in [2.05, 4.69) is 10.0 Å². The van der Waals surface area contributed by atoms with Crippen molar-refractivity contribution in [1.29, 1.82) is 0 Å². The summed E-state index contributed by atoms with van der Waals surface area (Å²) in [5, 5.41) is 12.1. The zero-order valence-electron chi connectivity index (χ0n) is 15.8. The van der Waals surface area contributed by atoms with Gasteiger partial charge in [0.2, 0.25) is 0 Å². The quantitative estimate of drug-likeness (QED) is 0.456. The van der Waals surface area contributed by atoms with Gasteiger partial charge < -0.3 is 10.4 Å². The molecule has 0 spiro atoms. The monoisotopic (exact) mass is 478 g/mol. The molecular weight excluding hydrogens is 463 g/mol. The van der Waals surface area contributed by atoms with Crippen LogP contribution in [-0.4, -0.2) is 25.4 Å². The van der Waals surface area contributed by atoms with Crippen LogP contribution in [0.2, 0.25) is 10.0 Å². The van der Waals surface area contributed by atoms with E-state index in [-0.39, 0.29) is 27.6 Å². The molecule has 10 heteroatoms. The van der Waals surface area contributed by atoms with Gasteiger partial charge in [-0.25, -0.2) is 8.42 Å². The summed E-state index contributed by atoms with van der Waals surface area (Å²) in [5.74, 6) is -1.56. The molecule has 0 saturated heterocycles. The standard InChI is InChI=1S/C21H16Cl2N2O5S/c22-14-3-8-17(9-4-14)31(29,30)25-19-10-5-15(23)12-18(19)21(28)24-16-6-1-13(2-7-16)11-20(26)27/h1-10,12,25H,11H2,(H,24,28)(H,26,27). The number of anilines is 2. The molecule has 3 aromatic rings. The van der Waals surface area contributed by atoms with Crippen molar-refractivity contribution in [3.8, 4) is 0 Å². The number of hydrogen-bond acceptors (Lipinski definition) is 4. The molecule has 1 amide bonds. The molecule has 0 unspecified atom stereocenters. The van der Waals surface area contributed by atoms with E-state index in [0.717, 1.165) is 0 Å². The predicted molar refractivity (Wildman–Crippen MR) is 119 cm³/mol. The molecule has 160 valence electrons. The third-order valence-electron chi connectivity index (χ3n) is 4.16. The maximum atomic E-state index is 12.8. The van der Waals surface area contributed by atoms with Crippen molar-refractivity contribution in [2.24, 2.45) is 0 Å². The molecule has 0 heterocycles. The molecule has 3 aromatic carbocycles. The number of carbonyl (C=O) groups excluding carboxylic acids is 1. The zero-order chi connectivity index (χ0) is 22.6. The van der Waals surface area contributed by atoms with E-state index in [1.54, 1.807) is 24.3 Å². The maximum Gasteiger partial charge on any atom is 0.307 e. The molecule has 0 aliphatic rings. The first-order valence-electron chi connectivity index (χ1n) is 8.84. The molecule has 0 fully saturated rings. The molecule has 0 atom stereocenters. The minimum atomic E-state index is -3.98. The Balaban J connectivity index is 1.84. The number of benzene rings is 3. The smallest absolute Gasteiger partial charge is 0.307 e. The van der Waals surface area contributed by atoms with Gasteiger partial charge >= 0.3 is 5.97 Å². The highest BCUT2D eigenvalue weighted by atomic mass is 35.5. The van der Waals surface area contributed by atoms with Crippen LogP contribution in [-0.2, 0) is 21.2 Å². The van der Waals surface area contributed by atoms with Crippen molar-refractivity contribution in [3.63, 3.8) is 0 Å². The van der Waals surface area contributed by atoms with E-state index >= 15 is 0 Å². The number of carbonyl (C=O) groups is 2. The number of aliphatic carboxylic acids is 1. The van der Waals surface area contributed by atoms with Crippen molar-refractivity contribution < 1.29 is 23.1 Å². The van der Waals surface area contributed by atoms with E-state index in [1.807, 2.05) is 0 Å². The summed E-state index contributed by atoms with van der Waals surface area (Å²) in [6.07, 6.45) is -0.140. The summed E-state index contributed by atoms with van der Waals surface area (Å²) < 4.78 is 27.8. The normalized spacial score (nSPS) is 11.0. The van der Waals surface area contributed by atoms with Crippen LogP contribution in [0.4, 0.5) is 11.4 Å². The fourth-order valence-electron chi connectivity index (χ4n) is 2.69. The lowest BCUT2D eigenvalue weighted by Gasteiger charge is -2.14. The number of carboxylic acid groups (broad SMARTS) is 1. The third kappa shape index (κ3) is 5.97. The highest BCUT2D eigenvalue weighted by Gasteiger charge is 2.19. The lowest BCUT2D eigenvalue weighted by atomic mass is 10.1. The summed E-state index contributed by atoms with van der Waals surface area (Å²) in [6.45, 7) is 0. The first kappa shape index (κ1) is 22.6. The van der Waals surface area contributed by atoms with Gasteiger partial charge in [0, 0.05) is 15.7 Å². The Labute approximate surface area is 188 Å². The topological polar surface area (TPSA) is 113 Å². The summed E-state index contributed by atoms with van der Waals surface area (Å²) in [7, 11) is -3.98. The van der Waals surface area contributed by atoms with Crippen molar-refractivity contribution >= 4 is 56.5 Å². The van der Waals surface area contributed by atoms with E-state index in [0.29, 0.717) is 16.3 Å². The summed E-state index contributed by atoms with van der Waals surface area (Å²) in [5.41, 5.74) is 1.04. The molecule has 31 heavy (non-hydrogen) atoms. The molecule has 7 nitrogen and oxygen atoms in total. The van der Waals surface area contributed by atoms with E-state index in [9.17, 15) is 18.0 Å². The number of nitrogens with one attached hydrogen (secondary N) is 2. The van der Waals surface area contributed by atoms with Gasteiger partial charge in [-0.3, -0.25) is 14.3 Å². The van der Waals surface area contributed by atoms with Gasteiger partial charge in [0.25, 0.3) is 15.9 Å². The third-order valence-corrected chi connectivity index (χ3v) is 6.03. The number of halogens is 2. The minimum absolute atomic E-state index is 0.0136. The first-order valence-corrected chi connectivity index (χ1v) is 11.1. The molecule has 0 radical (unpaired) electrons. The Morgan fingerprint density at radius 2 is 1.48 bits per heavy atom. The van der Waals surface area contributed by atoms with Crippen LogP contribution >= 0.6 is 23.2 Å². The number of hydrogen-bond donors (Lipinski definition) is 3. The second kappa shape index (κ2) is 9.38. The van der Waals surface area contributed by atoms with Gasteiger partial charge in [-0.2, -0.15) is 0 Å². The first-order chi connectivity index (χ1) is 14.6. The molecule has 0 aliphatic heterocycles. The average Bonchev–Trinajstić information content (AvgIpc) is 2.70. The van der Waals surface area contributed by atoms with Gasteiger partial charge in [0.05, 0.1) is 22.6 Å². The van der Waals surface area contributed by atoms with Gasteiger partial charge in [-0.15, -0.1) is 0 Å². The Kier molecular flexibility index (Phi) is 6.84. The molecule has 0 saturated carbocycles. The van der Waals surface area contributed by atoms with Gasteiger partial charge in [0.15, 0.2) is 0 Å². The highest BCUT2D eigenvalue weighted by molar-refractivity contribution is 7.92. The second-order valence-corrected chi connectivity index (χ2v) is 9.03. The van der Waals surface area contributed by atoms with E-state index in [4.69, 9.17) is 28.3 Å².